The molecule has 0 saturated heterocycles. The Labute approximate surface area is 126 Å². The molecule has 7 heteroatoms. The third kappa shape index (κ3) is 2.77. The molecule has 1 N–H and O–H groups in total. The van der Waals surface area contributed by atoms with Gasteiger partial charge in [-0.1, -0.05) is 0 Å². The molecular weight excluding hydrogens is 322 g/mol. The van der Waals surface area contributed by atoms with Crippen molar-refractivity contribution in [2.45, 2.75) is 40.4 Å². The highest BCUT2D eigenvalue weighted by molar-refractivity contribution is 9.10. The molecular formula is C13H18BrN5O. The Morgan fingerprint density at radius 2 is 1.90 bits per heavy atom. The molecule has 20 heavy (non-hydrogen) atoms. The molecule has 1 amide bonds. The van der Waals surface area contributed by atoms with Gasteiger partial charge in [0.05, 0.1) is 16.9 Å². The van der Waals surface area contributed by atoms with E-state index in [0.29, 0.717) is 23.3 Å². The molecule has 0 aliphatic heterocycles. The third-order valence-electron chi connectivity index (χ3n) is 3.25. The standard InChI is InChI=1S/C13H18BrN5O/c1-4-18-9(3)10(7-16-18)6-15-13(20)12-11(14)8-17-19(12)5-2/h7-8H,4-6H2,1-3H3,(H,15,20). The lowest BCUT2D eigenvalue weighted by Crippen LogP contribution is -2.26. The molecule has 0 fully saturated rings. The molecule has 0 spiro atoms. The van der Waals surface area contributed by atoms with Gasteiger partial charge in [-0.25, -0.2) is 0 Å². The first kappa shape index (κ1) is 14.8. The highest BCUT2D eigenvalue weighted by Crippen LogP contribution is 2.16. The van der Waals surface area contributed by atoms with E-state index >= 15 is 0 Å². The van der Waals surface area contributed by atoms with Crippen LogP contribution in [0, 0.1) is 6.92 Å². The maximum absolute atomic E-state index is 12.2. The Morgan fingerprint density at radius 3 is 2.50 bits per heavy atom. The Hall–Kier alpha value is -1.63. The monoisotopic (exact) mass is 339 g/mol. The van der Waals surface area contributed by atoms with Crippen molar-refractivity contribution >= 4 is 21.8 Å². The summed E-state index contributed by atoms with van der Waals surface area (Å²) in [5.74, 6) is -0.139. The van der Waals surface area contributed by atoms with Crippen LogP contribution in [-0.2, 0) is 19.6 Å². The maximum atomic E-state index is 12.2. The Morgan fingerprint density at radius 1 is 1.25 bits per heavy atom. The number of nitrogens with zero attached hydrogens (tertiary/aromatic N) is 4. The van der Waals surface area contributed by atoms with Gasteiger partial charge in [0.2, 0.25) is 0 Å². The molecule has 0 aliphatic rings. The van der Waals surface area contributed by atoms with Crippen LogP contribution in [0.3, 0.4) is 0 Å². The highest BCUT2D eigenvalue weighted by Gasteiger charge is 2.16. The van der Waals surface area contributed by atoms with Crippen molar-refractivity contribution < 1.29 is 4.79 Å². The first-order valence-electron chi connectivity index (χ1n) is 6.59. The van der Waals surface area contributed by atoms with E-state index in [1.54, 1.807) is 17.1 Å². The number of rotatable bonds is 5. The second kappa shape index (κ2) is 6.21. The van der Waals surface area contributed by atoms with Crippen LogP contribution >= 0.6 is 15.9 Å². The summed E-state index contributed by atoms with van der Waals surface area (Å²) in [5.41, 5.74) is 2.66. The summed E-state index contributed by atoms with van der Waals surface area (Å²) >= 11 is 3.35. The number of aromatic nitrogens is 4. The number of nitrogens with one attached hydrogen (secondary N) is 1. The van der Waals surface area contributed by atoms with Crippen LogP contribution in [0.4, 0.5) is 0 Å². The van der Waals surface area contributed by atoms with E-state index in [-0.39, 0.29) is 5.91 Å². The molecule has 0 aliphatic carbocycles. The topological polar surface area (TPSA) is 64.7 Å². The van der Waals surface area contributed by atoms with E-state index in [4.69, 9.17) is 0 Å². The molecule has 108 valence electrons. The number of aryl methyl sites for hydroxylation is 2. The summed E-state index contributed by atoms with van der Waals surface area (Å²) in [6.07, 6.45) is 3.43. The Kier molecular flexibility index (Phi) is 4.59. The SMILES string of the molecule is CCn1ncc(CNC(=O)c2c(Br)cnn2CC)c1C. The Balaban J connectivity index is 2.08. The number of carbonyl (C=O) groups excluding carboxylic acids is 1. The van der Waals surface area contributed by atoms with Gasteiger partial charge in [-0.05, 0) is 36.7 Å². The number of hydrogen-bond acceptors (Lipinski definition) is 3. The lowest BCUT2D eigenvalue weighted by molar-refractivity contribution is 0.0939. The molecule has 0 bridgehead atoms. The van der Waals surface area contributed by atoms with Crippen LogP contribution in [0.2, 0.25) is 0 Å². The van der Waals surface area contributed by atoms with E-state index in [9.17, 15) is 4.79 Å². The van der Waals surface area contributed by atoms with Gasteiger partial charge < -0.3 is 5.32 Å². The summed E-state index contributed by atoms with van der Waals surface area (Å²) in [6.45, 7) is 7.94. The minimum atomic E-state index is -0.139. The molecule has 0 aromatic carbocycles. The minimum Gasteiger partial charge on any atom is -0.346 e. The predicted octanol–water partition coefficient (Wildman–Crippen LogP) is 2.12. The smallest absolute Gasteiger partial charge is 0.271 e. The van der Waals surface area contributed by atoms with E-state index < -0.39 is 0 Å². The molecule has 0 unspecified atom stereocenters. The molecule has 0 radical (unpaired) electrons. The van der Waals surface area contributed by atoms with Crippen LogP contribution in [0.1, 0.15) is 35.6 Å². The molecule has 2 rings (SSSR count). The van der Waals surface area contributed by atoms with E-state index in [2.05, 4.69) is 31.4 Å². The lowest BCUT2D eigenvalue weighted by Gasteiger charge is -2.07. The molecule has 0 atom stereocenters. The van der Waals surface area contributed by atoms with Crippen LogP contribution in [0.25, 0.3) is 0 Å². The maximum Gasteiger partial charge on any atom is 0.271 e. The van der Waals surface area contributed by atoms with Crippen LogP contribution < -0.4 is 5.32 Å². The van der Waals surface area contributed by atoms with Gasteiger partial charge >= 0.3 is 0 Å². The summed E-state index contributed by atoms with van der Waals surface area (Å²) < 4.78 is 4.29. The molecule has 2 aromatic heterocycles. The van der Waals surface area contributed by atoms with Gasteiger partial charge in [0.15, 0.2) is 0 Å². The third-order valence-corrected chi connectivity index (χ3v) is 3.83. The molecule has 2 heterocycles. The van der Waals surface area contributed by atoms with Gasteiger partial charge in [0.25, 0.3) is 5.91 Å². The van der Waals surface area contributed by atoms with Crippen molar-refractivity contribution in [1.29, 1.82) is 0 Å². The zero-order chi connectivity index (χ0) is 14.7. The minimum absolute atomic E-state index is 0.139. The van der Waals surface area contributed by atoms with Gasteiger partial charge in [0, 0.05) is 30.9 Å². The second-order valence-corrected chi connectivity index (χ2v) is 5.26. The molecule has 0 saturated carbocycles. The summed E-state index contributed by atoms with van der Waals surface area (Å²) in [7, 11) is 0. The molecule has 6 nitrogen and oxygen atoms in total. The van der Waals surface area contributed by atoms with Crippen molar-refractivity contribution in [2.24, 2.45) is 0 Å². The number of hydrogen-bond donors (Lipinski definition) is 1. The highest BCUT2D eigenvalue weighted by atomic mass is 79.9. The quantitative estimate of drug-likeness (QED) is 0.907. The molecule has 2 aromatic rings. The summed E-state index contributed by atoms with van der Waals surface area (Å²) in [5, 5.41) is 11.3. The normalized spacial score (nSPS) is 10.8. The fourth-order valence-corrected chi connectivity index (χ4v) is 2.54. The van der Waals surface area contributed by atoms with Crippen molar-refractivity contribution in [3.05, 3.63) is 33.8 Å². The van der Waals surface area contributed by atoms with Crippen molar-refractivity contribution in [2.75, 3.05) is 0 Å². The van der Waals surface area contributed by atoms with Crippen molar-refractivity contribution in [3.63, 3.8) is 0 Å². The van der Waals surface area contributed by atoms with Crippen LogP contribution in [-0.4, -0.2) is 25.5 Å². The summed E-state index contributed by atoms with van der Waals surface area (Å²) in [6, 6.07) is 0. The average Bonchev–Trinajstić information content (AvgIpc) is 2.99. The first-order chi connectivity index (χ1) is 9.58. The van der Waals surface area contributed by atoms with E-state index in [0.717, 1.165) is 17.8 Å². The Bertz CT molecular complexity index is 616. The second-order valence-electron chi connectivity index (χ2n) is 4.41. The van der Waals surface area contributed by atoms with Crippen molar-refractivity contribution in [3.8, 4) is 0 Å². The average molecular weight is 340 g/mol. The van der Waals surface area contributed by atoms with Gasteiger partial charge in [0.1, 0.15) is 5.69 Å². The van der Waals surface area contributed by atoms with Gasteiger partial charge in [-0.15, -0.1) is 0 Å². The number of carbonyl (C=O) groups is 1. The van der Waals surface area contributed by atoms with E-state index in [1.165, 1.54) is 0 Å². The van der Waals surface area contributed by atoms with E-state index in [1.807, 2.05) is 25.5 Å². The van der Waals surface area contributed by atoms with Crippen LogP contribution in [0.15, 0.2) is 16.9 Å². The zero-order valence-electron chi connectivity index (χ0n) is 11.9. The number of halogens is 1. The van der Waals surface area contributed by atoms with Gasteiger partial charge in [-0.3, -0.25) is 14.2 Å². The number of amides is 1. The fraction of sp³-hybridized carbons (Fsp3) is 0.462. The first-order valence-corrected chi connectivity index (χ1v) is 7.38. The van der Waals surface area contributed by atoms with Gasteiger partial charge in [-0.2, -0.15) is 10.2 Å². The largest absolute Gasteiger partial charge is 0.346 e. The summed E-state index contributed by atoms with van der Waals surface area (Å²) in [4.78, 5) is 12.2. The van der Waals surface area contributed by atoms with Crippen LogP contribution in [0.5, 0.6) is 0 Å². The van der Waals surface area contributed by atoms with Crippen molar-refractivity contribution in [1.82, 2.24) is 24.9 Å². The zero-order valence-corrected chi connectivity index (χ0v) is 13.4. The lowest BCUT2D eigenvalue weighted by atomic mass is 10.2. The fourth-order valence-electron chi connectivity index (χ4n) is 2.06. The predicted molar refractivity (Wildman–Crippen MR) is 79.4 cm³/mol.